The maximum atomic E-state index is 6.85. The second kappa shape index (κ2) is 12.1. The van der Waals surface area contributed by atoms with Crippen molar-refractivity contribution in [3.05, 3.63) is 176 Å². The molecule has 14 aromatic rings. The van der Waals surface area contributed by atoms with Crippen LogP contribution in [0, 0.1) is 0 Å². The van der Waals surface area contributed by atoms with Crippen LogP contribution in [0.2, 0.25) is 0 Å². The Morgan fingerprint density at radius 1 is 0.450 bits per heavy atom. The molecule has 0 aliphatic heterocycles. The van der Waals surface area contributed by atoms with E-state index in [0.717, 1.165) is 60.0 Å². The average molecular weight is 800 g/mol. The molecule has 60 heavy (non-hydrogen) atoms. The molecule has 0 radical (unpaired) electrons. The summed E-state index contributed by atoms with van der Waals surface area (Å²) in [5, 5.41) is 13.4. The maximum absolute atomic E-state index is 6.85. The first-order chi connectivity index (χ1) is 29.8. The zero-order valence-electron chi connectivity index (χ0n) is 31.8. The van der Waals surface area contributed by atoms with Crippen molar-refractivity contribution >= 4 is 128 Å². The summed E-state index contributed by atoms with van der Waals surface area (Å²) in [6.07, 6.45) is 0. The third-order valence-corrected chi connectivity index (χ3v) is 14.7. The van der Waals surface area contributed by atoms with E-state index in [0.29, 0.717) is 5.82 Å². The second-order valence-electron chi connectivity index (χ2n) is 15.6. The first-order valence-electron chi connectivity index (χ1n) is 20.2. The number of thiophene rings is 2. The predicted molar refractivity (Wildman–Crippen MR) is 255 cm³/mol. The van der Waals surface area contributed by atoms with E-state index in [1.807, 2.05) is 11.3 Å². The molecule has 6 heteroatoms. The Morgan fingerprint density at radius 3 is 2.00 bits per heavy atom. The van der Waals surface area contributed by atoms with Gasteiger partial charge >= 0.3 is 0 Å². The molecule has 0 fully saturated rings. The molecule has 0 spiro atoms. The van der Waals surface area contributed by atoms with Gasteiger partial charge in [0.25, 0.3) is 0 Å². The average Bonchev–Trinajstić information content (AvgIpc) is 4.08. The largest absolute Gasteiger partial charge is 0.456 e. The van der Waals surface area contributed by atoms with Crippen molar-refractivity contribution in [1.29, 1.82) is 0 Å². The standard InChI is InChI=1S/C54H29N3OS2/c1-2-14-31(15-3-1)49-53-50(38-20-9-11-24-44(38)60-53)56-54(55-49)39-21-12-22-41-45(39)36-27-26-32(29-42(36)58-41)57-40-28-25-30-13-4-5-16-33(30)47(40)48-35-18-7-6-17-34(35)46-37-19-8-10-23-43(37)59-52(46)51(48)57/h1-29H. The lowest BCUT2D eigenvalue weighted by Crippen LogP contribution is -1.95. The zero-order valence-corrected chi connectivity index (χ0v) is 33.4. The van der Waals surface area contributed by atoms with Crippen LogP contribution in [0.15, 0.2) is 180 Å². The Hall–Kier alpha value is -7.38. The maximum Gasteiger partial charge on any atom is 0.161 e. The van der Waals surface area contributed by atoms with Gasteiger partial charge in [0.2, 0.25) is 0 Å². The van der Waals surface area contributed by atoms with Crippen LogP contribution < -0.4 is 0 Å². The van der Waals surface area contributed by atoms with E-state index in [2.05, 4.69) is 180 Å². The van der Waals surface area contributed by atoms with Gasteiger partial charge in [-0.2, -0.15) is 0 Å². The highest BCUT2D eigenvalue weighted by atomic mass is 32.1. The fourth-order valence-corrected chi connectivity index (χ4v) is 12.3. The second-order valence-corrected chi connectivity index (χ2v) is 17.7. The molecule has 9 aromatic carbocycles. The molecule has 5 aromatic heterocycles. The van der Waals surface area contributed by atoms with Crippen molar-refractivity contribution in [2.24, 2.45) is 0 Å². The summed E-state index contributed by atoms with van der Waals surface area (Å²) in [6, 6.07) is 63.2. The molecule has 5 heterocycles. The third kappa shape index (κ3) is 4.38. The van der Waals surface area contributed by atoms with E-state index in [1.165, 1.54) is 68.2 Å². The Morgan fingerprint density at radius 2 is 1.15 bits per heavy atom. The molecule has 278 valence electrons. The van der Waals surface area contributed by atoms with Gasteiger partial charge in [-0.15, -0.1) is 22.7 Å². The van der Waals surface area contributed by atoms with Crippen molar-refractivity contribution in [2.75, 3.05) is 0 Å². The fraction of sp³-hybridized carbons (Fsp3) is 0. The van der Waals surface area contributed by atoms with Crippen LogP contribution in [0.4, 0.5) is 0 Å². The summed E-state index contributed by atoms with van der Waals surface area (Å²) in [4.78, 5) is 10.7. The van der Waals surface area contributed by atoms with Crippen LogP contribution in [0.3, 0.4) is 0 Å². The number of fused-ring (bicyclic) bond motifs is 18. The summed E-state index contributed by atoms with van der Waals surface area (Å²) in [5.74, 6) is 0.690. The van der Waals surface area contributed by atoms with E-state index in [4.69, 9.17) is 14.4 Å². The van der Waals surface area contributed by atoms with Crippen molar-refractivity contribution in [2.45, 2.75) is 0 Å². The Labute approximate surface area is 349 Å². The van der Waals surface area contributed by atoms with Gasteiger partial charge in [0, 0.05) is 70.0 Å². The minimum Gasteiger partial charge on any atom is -0.456 e. The molecule has 0 aliphatic rings. The van der Waals surface area contributed by atoms with Gasteiger partial charge in [-0.3, -0.25) is 0 Å². The van der Waals surface area contributed by atoms with Crippen molar-refractivity contribution in [3.63, 3.8) is 0 Å². The normalized spacial score (nSPS) is 12.3. The molecular weight excluding hydrogens is 771 g/mol. The lowest BCUT2D eigenvalue weighted by Gasteiger charge is -2.10. The van der Waals surface area contributed by atoms with Crippen LogP contribution in [-0.4, -0.2) is 14.5 Å². The van der Waals surface area contributed by atoms with E-state index in [-0.39, 0.29) is 0 Å². The van der Waals surface area contributed by atoms with Crippen molar-refractivity contribution in [3.8, 4) is 28.3 Å². The van der Waals surface area contributed by atoms with Crippen LogP contribution in [0.25, 0.3) is 134 Å². The predicted octanol–water partition coefficient (Wildman–Crippen LogP) is 15.8. The van der Waals surface area contributed by atoms with Gasteiger partial charge in [-0.1, -0.05) is 133 Å². The van der Waals surface area contributed by atoms with Crippen molar-refractivity contribution in [1.82, 2.24) is 14.5 Å². The van der Waals surface area contributed by atoms with Gasteiger partial charge in [0.15, 0.2) is 5.82 Å². The molecule has 0 saturated carbocycles. The smallest absolute Gasteiger partial charge is 0.161 e. The summed E-state index contributed by atoms with van der Waals surface area (Å²) in [5.41, 5.74) is 9.05. The Bertz CT molecular complexity index is 4130. The van der Waals surface area contributed by atoms with Crippen LogP contribution in [-0.2, 0) is 0 Å². The molecule has 0 atom stereocenters. The number of rotatable bonds is 3. The van der Waals surface area contributed by atoms with E-state index in [9.17, 15) is 0 Å². The molecule has 0 aliphatic carbocycles. The third-order valence-electron chi connectivity index (χ3n) is 12.4. The monoisotopic (exact) mass is 799 g/mol. The number of benzene rings is 9. The molecule has 0 bridgehead atoms. The van der Waals surface area contributed by atoms with E-state index < -0.39 is 0 Å². The van der Waals surface area contributed by atoms with E-state index in [1.54, 1.807) is 11.3 Å². The lowest BCUT2D eigenvalue weighted by atomic mass is 9.97. The number of aromatic nitrogens is 3. The minimum absolute atomic E-state index is 0.690. The van der Waals surface area contributed by atoms with Crippen molar-refractivity contribution < 1.29 is 4.42 Å². The molecule has 14 rings (SSSR count). The van der Waals surface area contributed by atoms with Gasteiger partial charge in [0.05, 0.1) is 31.6 Å². The van der Waals surface area contributed by atoms with Gasteiger partial charge in [-0.25, -0.2) is 9.97 Å². The van der Waals surface area contributed by atoms with Gasteiger partial charge in [0.1, 0.15) is 11.2 Å². The minimum atomic E-state index is 0.690. The first-order valence-corrected chi connectivity index (χ1v) is 21.8. The molecular formula is C54H29N3OS2. The molecule has 0 N–H and O–H groups in total. The highest BCUT2D eigenvalue weighted by Gasteiger charge is 2.25. The van der Waals surface area contributed by atoms with E-state index >= 15 is 0 Å². The summed E-state index contributed by atoms with van der Waals surface area (Å²) >= 11 is 3.64. The molecule has 0 amide bonds. The topological polar surface area (TPSA) is 43.9 Å². The quantitative estimate of drug-likeness (QED) is 0.179. The highest BCUT2D eigenvalue weighted by Crippen LogP contribution is 2.50. The Balaban J connectivity index is 1.07. The SMILES string of the molecule is c1ccc(-c2nc(-c3cccc4oc5cc(-n6c7ccc8ccccc8c7c7c8ccccc8c8c9ccccc9sc8c76)ccc5c34)nc3c2sc2ccccc23)cc1. The van der Waals surface area contributed by atoms with Gasteiger partial charge in [-0.05, 0) is 57.9 Å². The molecule has 4 nitrogen and oxygen atoms in total. The molecule has 0 saturated heterocycles. The first kappa shape index (κ1) is 32.6. The Kier molecular flexibility index (Phi) is 6.56. The lowest BCUT2D eigenvalue weighted by molar-refractivity contribution is 0.668. The zero-order chi connectivity index (χ0) is 39.1. The molecule has 0 unspecified atom stereocenters. The van der Waals surface area contributed by atoms with Gasteiger partial charge < -0.3 is 8.98 Å². The number of furan rings is 1. The number of hydrogen-bond donors (Lipinski definition) is 0. The fourth-order valence-electron chi connectivity index (χ4n) is 9.85. The highest BCUT2D eigenvalue weighted by molar-refractivity contribution is 7.27. The van der Waals surface area contributed by atoms with Crippen LogP contribution >= 0.6 is 22.7 Å². The summed E-state index contributed by atoms with van der Waals surface area (Å²) in [6.45, 7) is 0. The summed E-state index contributed by atoms with van der Waals surface area (Å²) in [7, 11) is 0. The summed E-state index contributed by atoms with van der Waals surface area (Å²) < 4.78 is 14.2. The number of hydrogen-bond acceptors (Lipinski definition) is 5. The van der Waals surface area contributed by atoms with Crippen LogP contribution in [0.1, 0.15) is 0 Å². The van der Waals surface area contributed by atoms with Crippen LogP contribution in [0.5, 0.6) is 0 Å². The number of nitrogens with zero attached hydrogens (tertiary/aromatic N) is 3.